The first-order valence-corrected chi connectivity index (χ1v) is 7.03. The number of nitrogens with one attached hydrogen (secondary N) is 1. The zero-order valence-corrected chi connectivity index (χ0v) is 11.2. The molecule has 17 heavy (non-hydrogen) atoms. The third-order valence-electron chi connectivity index (χ3n) is 4.15. The summed E-state index contributed by atoms with van der Waals surface area (Å²) in [6, 6.07) is 11.5. The van der Waals surface area contributed by atoms with E-state index in [1.165, 1.54) is 31.2 Å². The van der Waals surface area contributed by atoms with Crippen molar-refractivity contribution in [3.8, 4) is 0 Å². The SMILES string of the molecule is CC(C)[C@H]1CC[C@@H](NCc2ccccc2)CC1. The van der Waals surface area contributed by atoms with Crippen LogP contribution in [0.4, 0.5) is 0 Å². The second kappa shape index (κ2) is 6.20. The Morgan fingerprint density at radius 2 is 1.71 bits per heavy atom. The summed E-state index contributed by atoms with van der Waals surface area (Å²) in [5.74, 6) is 1.83. The minimum absolute atomic E-state index is 0.741. The molecule has 1 fully saturated rings. The predicted molar refractivity (Wildman–Crippen MR) is 73.9 cm³/mol. The van der Waals surface area contributed by atoms with Gasteiger partial charge in [-0.2, -0.15) is 0 Å². The van der Waals surface area contributed by atoms with Crippen LogP contribution in [-0.2, 0) is 6.54 Å². The molecule has 94 valence electrons. The zero-order chi connectivity index (χ0) is 12.1. The van der Waals surface area contributed by atoms with Gasteiger partial charge in [0.05, 0.1) is 0 Å². The van der Waals surface area contributed by atoms with Crippen molar-refractivity contribution in [2.24, 2.45) is 11.8 Å². The van der Waals surface area contributed by atoms with Crippen molar-refractivity contribution in [3.05, 3.63) is 35.9 Å². The van der Waals surface area contributed by atoms with Crippen LogP contribution in [0.15, 0.2) is 30.3 Å². The Kier molecular flexibility index (Phi) is 4.61. The average Bonchev–Trinajstić information content (AvgIpc) is 2.38. The number of hydrogen-bond donors (Lipinski definition) is 1. The lowest BCUT2D eigenvalue weighted by atomic mass is 9.80. The van der Waals surface area contributed by atoms with Crippen LogP contribution in [-0.4, -0.2) is 6.04 Å². The van der Waals surface area contributed by atoms with Crippen molar-refractivity contribution in [1.29, 1.82) is 0 Å². The summed E-state index contributed by atoms with van der Waals surface area (Å²) < 4.78 is 0. The maximum absolute atomic E-state index is 3.70. The lowest BCUT2D eigenvalue weighted by Crippen LogP contribution is -2.33. The van der Waals surface area contributed by atoms with E-state index >= 15 is 0 Å². The van der Waals surface area contributed by atoms with Gasteiger partial charge in [0, 0.05) is 12.6 Å². The topological polar surface area (TPSA) is 12.0 Å². The molecule has 1 aromatic rings. The molecule has 0 radical (unpaired) electrons. The maximum atomic E-state index is 3.70. The standard InChI is InChI=1S/C16H25N/c1-13(2)15-8-10-16(11-9-15)17-12-14-6-4-3-5-7-14/h3-7,13,15-17H,8-12H2,1-2H3/t15-,16+. The van der Waals surface area contributed by atoms with Crippen LogP contribution < -0.4 is 5.32 Å². The molecular formula is C16H25N. The molecule has 0 unspecified atom stereocenters. The summed E-state index contributed by atoms with van der Waals surface area (Å²) in [7, 11) is 0. The maximum Gasteiger partial charge on any atom is 0.0208 e. The highest BCUT2D eigenvalue weighted by Crippen LogP contribution is 2.29. The minimum Gasteiger partial charge on any atom is -0.310 e. The summed E-state index contributed by atoms with van der Waals surface area (Å²) in [5.41, 5.74) is 1.40. The van der Waals surface area contributed by atoms with E-state index in [1.54, 1.807) is 0 Å². The van der Waals surface area contributed by atoms with Crippen LogP contribution in [0.5, 0.6) is 0 Å². The van der Waals surface area contributed by atoms with Crippen LogP contribution >= 0.6 is 0 Å². The van der Waals surface area contributed by atoms with Gasteiger partial charge in [-0.3, -0.25) is 0 Å². The van der Waals surface area contributed by atoms with Crippen molar-refractivity contribution in [1.82, 2.24) is 5.32 Å². The molecule has 0 saturated heterocycles. The van der Waals surface area contributed by atoms with E-state index in [0.717, 1.165) is 24.4 Å². The Morgan fingerprint density at radius 3 is 2.29 bits per heavy atom. The van der Waals surface area contributed by atoms with Crippen LogP contribution in [0, 0.1) is 11.8 Å². The normalized spacial score (nSPS) is 25.1. The summed E-state index contributed by atoms with van der Waals surface area (Å²) >= 11 is 0. The summed E-state index contributed by atoms with van der Waals surface area (Å²) in [5, 5.41) is 3.70. The molecule has 1 nitrogen and oxygen atoms in total. The third kappa shape index (κ3) is 3.85. The fourth-order valence-corrected chi connectivity index (χ4v) is 2.85. The van der Waals surface area contributed by atoms with Crippen LogP contribution in [0.2, 0.25) is 0 Å². The third-order valence-corrected chi connectivity index (χ3v) is 4.15. The van der Waals surface area contributed by atoms with E-state index in [4.69, 9.17) is 0 Å². The molecule has 0 aromatic heterocycles. The van der Waals surface area contributed by atoms with Crippen molar-refractivity contribution in [2.45, 2.75) is 52.1 Å². The number of benzene rings is 1. The molecule has 1 heteroatoms. The van der Waals surface area contributed by atoms with E-state index < -0.39 is 0 Å². The van der Waals surface area contributed by atoms with Crippen LogP contribution in [0.1, 0.15) is 45.1 Å². The lowest BCUT2D eigenvalue weighted by Gasteiger charge is -2.31. The molecule has 0 atom stereocenters. The fraction of sp³-hybridized carbons (Fsp3) is 0.625. The zero-order valence-electron chi connectivity index (χ0n) is 11.2. The van der Waals surface area contributed by atoms with Gasteiger partial charge in [-0.05, 0) is 43.1 Å². The molecule has 1 aromatic carbocycles. The molecule has 2 rings (SSSR count). The highest BCUT2D eigenvalue weighted by molar-refractivity contribution is 5.14. The van der Waals surface area contributed by atoms with Crippen molar-refractivity contribution in [2.75, 3.05) is 0 Å². The van der Waals surface area contributed by atoms with Crippen molar-refractivity contribution < 1.29 is 0 Å². The predicted octanol–water partition coefficient (Wildman–Crippen LogP) is 3.99. The number of hydrogen-bond acceptors (Lipinski definition) is 1. The van der Waals surface area contributed by atoms with E-state index in [1.807, 2.05) is 0 Å². The molecular weight excluding hydrogens is 206 g/mol. The largest absolute Gasteiger partial charge is 0.310 e. The average molecular weight is 231 g/mol. The second-order valence-electron chi connectivity index (χ2n) is 5.72. The van der Waals surface area contributed by atoms with E-state index in [9.17, 15) is 0 Å². The summed E-state index contributed by atoms with van der Waals surface area (Å²) in [6.07, 6.45) is 5.53. The molecule has 0 bridgehead atoms. The van der Waals surface area contributed by atoms with Crippen molar-refractivity contribution >= 4 is 0 Å². The Hall–Kier alpha value is -0.820. The molecule has 1 aliphatic rings. The monoisotopic (exact) mass is 231 g/mol. The van der Waals surface area contributed by atoms with Gasteiger partial charge in [0.15, 0.2) is 0 Å². The Morgan fingerprint density at radius 1 is 1.06 bits per heavy atom. The molecule has 0 spiro atoms. The quantitative estimate of drug-likeness (QED) is 0.826. The Balaban J connectivity index is 1.72. The van der Waals surface area contributed by atoms with Gasteiger partial charge in [0.1, 0.15) is 0 Å². The first-order valence-electron chi connectivity index (χ1n) is 7.03. The minimum atomic E-state index is 0.741. The van der Waals surface area contributed by atoms with Gasteiger partial charge in [-0.15, -0.1) is 0 Å². The van der Waals surface area contributed by atoms with Crippen molar-refractivity contribution in [3.63, 3.8) is 0 Å². The van der Waals surface area contributed by atoms with E-state index in [0.29, 0.717) is 0 Å². The summed E-state index contributed by atoms with van der Waals surface area (Å²) in [4.78, 5) is 0. The first-order chi connectivity index (χ1) is 8.25. The first kappa shape index (κ1) is 12.6. The molecule has 1 aliphatic carbocycles. The molecule has 1 N–H and O–H groups in total. The molecule has 0 aliphatic heterocycles. The Labute approximate surface area is 106 Å². The second-order valence-corrected chi connectivity index (χ2v) is 5.72. The highest BCUT2D eigenvalue weighted by Gasteiger charge is 2.22. The molecule has 0 amide bonds. The van der Waals surface area contributed by atoms with Gasteiger partial charge in [0.25, 0.3) is 0 Å². The van der Waals surface area contributed by atoms with Crippen LogP contribution in [0.3, 0.4) is 0 Å². The van der Waals surface area contributed by atoms with Gasteiger partial charge in [-0.25, -0.2) is 0 Å². The molecule has 1 saturated carbocycles. The van der Waals surface area contributed by atoms with E-state index in [-0.39, 0.29) is 0 Å². The summed E-state index contributed by atoms with van der Waals surface area (Å²) in [6.45, 7) is 5.75. The Bertz CT molecular complexity index is 310. The smallest absolute Gasteiger partial charge is 0.0208 e. The van der Waals surface area contributed by atoms with Gasteiger partial charge in [-0.1, -0.05) is 44.2 Å². The van der Waals surface area contributed by atoms with Gasteiger partial charge >= 0.3 is 0 Å². The van der Waals surface area contributed by atoms with Crippen LogP contribution in [0.25, 0.3) is 0 Å². The molecule has 0 heterocycles. The van der Waals surface area contributed by atoms with E-state index in [2.05, 4.69) is 49.5 Å². The van der Waals surface area contributed by atoms with Gasteiger partial charge < -0.3 is 5.32 Å². The number of rotatable bonds is 4. The highest BCUT2D eigenvalue weighted by atomic mass is 14.9. The fourth-order valence-electron chi connectivity index (χ4n) is 2.85. The van der Waals surface area contributed by atoms with Gasteiger partial charge in [0.2, 0.25) is 0 Å². The lowest BCUT2D eigenvalue weighted by molar-refractivity contribution is 0.238.